The molecule has 2 aromatic carbocycles. The molecular formula is C21H28O5. The van der Waals surface area contributed by atoms with Gasteiger partial charge >= 0.3 is 0 Å². The van der Waals surface area contributed by atoms with Gasteiger partial charge in [0.25, 0.3) is 0 Å². The number of ether oxygens (including phenoxy) is 5. The molecule has 0 aliphatic rings. The van der Waals surface area contributed by atoms with Crippen molar-refractivity contribution in [3.05, 3.63) is 41.0 Å². The van der Waals surface area contributed by atoms with E-state index >= 15 is 0 Å². The lowest BCUT2D eigenvalue weighted by Gasteiger charge is -2.21. The summed E-state index contributed by atoms with van der Waals surface area (Å²) in [5.74, 6) is 3.24. The van der Waals surface area contributed by atoms with Crippen molar-refractivity contribution in [2.24, 2.45) is 0 Å². The maximum atomic E-state index is 5.71. The van der Waals surface area contributed by atoms with Crippen LogP contribution in [-0.4, -0.2) is 34.5 Å². The summed E-state index contributed by atoms with van der Waals surface area (Å²) in [5, 5.41) is 0. The van der Waals surface area contributed by atoms with Crippen molar-refractivity contribution in [1.82, 2.24) is 0 Å². The summed E-state index contributed by atoms with van der Waals surface area (Å²) < 4.78 is 28.0. The highest BCUT2D eigenvalue weighted by Gasteiger charge is 2.25. The summed E-state index contributed by atoms with van der Waals surface area (Å²) in [6, 6.07) is 8.07. The Bertz CT molecular complexity index is 735. The SMILES string of the molecule is COc1c(C)c(Cc2ccc(OC(C)C)cc2)c(OC)c(OC)c1OC. The molecule has 0 radical (unpaired) electrons. The Labute approximate surface area is 155 Å². The van der Waals surface area contributed by atoms with Crippen LogP contribution >= 0.6 is 0 Å². The Morgan fingerprint density at radius 3 is 1.69 bits per heavy atom. The molecule has 0 atom stereocenters. The van der Waals surface area contributed by atoms with Crippen molar-refractivity contribution >= 4 is 0 Å². The fourth-order valence-corrected chi connectivity index (χ4v) is 3.03. The molecule has 5 heteroatoms. The zero-order chi connectivity index (χ0) is 19.3. The van der Waals surface area contributed by atoms with E-state index in [4.69, 9.17) is 23.7 Å². The van der Waals surface area contributed by atoms with Crippen LogP contribution in [0, 0.1) is 6.92 Å². The van der Waals surface area contributed by atoms with Crippen molar-refractivity contribution in [1.29, 1.82) is 0 Å². The maximum Gasteiger partial charge on any atom is 0.207 e. The van der Waals surface area contributed by atoms with Crippen LogP contribution in [0.5, 0.6) is 28.7 Å². The van der Waals surface area contributed by atoms with Crippen molar-refractivity contribution in [2.75, 3.05) is 28.4 Å². The summed E-state index contributed by atoms with van der Waals surface area (Å²) in [6.45, 7) is 6.02. The molecule has 2 rings (SSSR count). The van der Waals surface area contributed by atoms with Gasteiger partial charge < -0.3 is 23.7 Å². The molecule has 0 saturated heterocycles. The Kier molecular flexibility index (Phi) is 6.61. The summed E-state index contributed by atoms with van der Waals surface area (Å²) in [4.78, 5) is 0. The molecule has 0 saturated carbocycles. The van der Waals surface area contributed by atoms with Gasteiger partial charge in [-0.3, -0.25) is 0 Å². The molecule has 0 unspecified atom stereocenters. The first-order chi connectivity index (χ1) is 12.5. The molecule has 0 N–H and O–H groups in total. The van der Waals surface area contributed by atoms with Gasteiger partial charge in [0.1, 0.15) is 5.75 Å². The van der Waals surface area contributed by atoms with Crippen molar-refractivity contribution in [3.63, 3.8) is 0 Å². The summed E-state index contributed by atoms with van der Waals surface area (Å²) in [5.41, 5.74) is 3.10. The van der Waals surface area contributed by atoms with Gasteiger partial charge in [-0.25, -0.2) is 0 Å². The molecule has 0 bridgehead atoms. The van der Waals surface area contributed by atoms with Gasteiger partial charge in [-0.1, -0.05) is 12.1 Å². The number of rotatable bonds is 8. The van der Waals surface area contributed by atoms with E-state index in [2.05, 4.69) is 12.1 Å². The smallest absolute Gasteiger partial charge is 0.207 e. The highest BCUT2D eigenvalue weighted by molar-refractivity contribution is 5.67. The summed E-state index contributed by atoms with van der Waals surface area (Å²) in [7, 11) is 6.44. The summed E-state index contributed by atoms with van der Waals surface area (Å²) >= 11 is 0. The lowest BCUT2D eigenvalue weighted by Crippen LogP contribution is -2.06. The van der Waals surface area contributed by atoms with E-state index in [0.717, 1.165) is 22.4 Å². The van der Waals surface area contributed by atoms with Crippen LogP contribution in [-0.2, 0) is 6.42 Å². The second-order valence-corrected chi connectivity index (χ2v) is 6.22. The minimum Gasteiger partial charge on any atom is -0.492 e. The zero-order valence-corrected chi connectivity index (χ0v) is 16.6. The van der Waals surface area contributed by atoms with Gasteiger partial charge in [0, 0.05) is 17.5 Å². The topological polar surface area (TPSA) is 46.2 Å². The average Bonchev–Trinajstić information content (AvgIpc) is 2.63. The van der Waals surface area contributed by atoms with Crippen molar-refractivity contribution in [3.8, 4) is 28.7 Å². The highest BCUT2D eigenvalue weighted by atomic mass is 16.5. The Hall–Kier alpha value is -2.56. The number of methoxy groups -OCH3 is 4. The van der Waals surface area contributed by atoms with Gasteiger partial charge in [-0.15, -0.1) is 0 Å². The Morgan fingerprint density at radius 1 is 0.731 bits per heavy atom. The molecule has 5 nitrogen and oxygen atoms in total. The monoisotopic (exact) mass is 360 g/mol. The molecule has 0 spiro atoms. The molecule has 26 heavy (non-hydrogen) atoms. The first kappa shape index (κ1) is 19.8. The van der Waals surface area contributed by atoms with Gasteiger partial charge in [-0.2, -0.15) is 0 Å². The van der Waals surface area contributed by atoms with Crippen LogP contribution in [0.4, 0.5) is 0 Å². The van der Waals surface area contributed by atoms with Gasteiger partial charge in [0.05, 0.1) is 34.5 Å². The standard InChI is InChI=1S/C21H28O5/c1-13(2)26-16-10-8-15(9-11-16)12-17-14(3)18(22-4)20(24-6)21(25-7)19(17)23-5/h8-11,13H,12H2,1-7H3. The molecule has 0 heterocycles. The van der Waals surface area contributed by atoms with Crippen LogP contribution < -0.4 is 23.7 Å². The van der Waals surface area contributed by atoms with E-state index in [1.165, 1.54) is 0 Å². The van der Waals surface area contributed by atoms with Gasteiger partial charge in [-0.05, 0) is 38.5 Å². The fourth-order valence-electron chi connectivity index (χ4n) is 3.03. The third-order valence-electron chi connectivity index (χ3n) is 4.18. The lowest BCUT2D eigenvalue weighted by molar-refractivity contribution is 0.242. The first-order valence-corrected chi connectivity index (χ1v) is 8.57. The van der Waals surface area contributed by atoms with E-state index in [1.54, 1.807) is 28.4 Å². The van der Waals surface area contributed by atoms with Crippen LogP contribution in [0.15, 0.2) is 24.3 Å². The van der Waals surface area contributed by atoms with Gasteiger partial charge in [0.2, 0.25) is 11.5 Å². The van der Waals surface area contributed by atoms with E-state index < -0.39 is 0 Å². The molecular weight excluding hydrogens is 332 g/mol. The number of hydrogen-bond donors (Lipinski definition) is 0. The van der Waals surface area contributed by atoms with Crippen LogP contribution in [0.3, 0.4) is 0 Å². The van der Waals surface area contributed by atoms with Crippen LogP contribution in [0.1, 0.15) is 30.5 Å². The lowest BCUT2D eigenvalue weighted by atomic mass is 9.97. The molecule has 0 aromatic heterocycles. The minimum absolute atomic E-state index is 0.151. The quantitative estimate of drug-likeness (QED) is 0.698. The zero-order valence-electron chi connectivity index (χ0n) is 16.6. The second-order valence-electron chi connectivity index (χ2n) is 6.22. The second kappa shape index (κ2) is 8.70. The highest BCUT2D eigenvalue weighted by Crippen LogP contribution is 2.49. The van der Waals surface area contributed by atoms with Crippen LogP contribution in [0.2, 0.25) is 0 Å². The first-order valence-electron chi connectivity index (χ1n) is 8.57. The number of benzene rings is 2. The maximum absolute atomic E-state index is 5.71. The fraction of sp³-hybridized carbons (Fsp3) is 0.429. The average molecular weight is 360 g/mol. The molecule has 0 amide bonds. The van der Waals surface area contributed by atoms with Crippen molar-refractivity contribution < 1.29 is 23.7 Å². The van der Waals surface area contributed by atoms with E-state index in [9.17, 15) is 0 Å². The third kappa shape index (κ3) is 3.98. The normalized spacial score (nSPS) is 10.6. The molecule has 0 aliphatic heterocycles. The molecule has 0 fully saturated rings. The number of hydrogen-bond acceptors (Lipinski definition) is 5. The summed E-state index contributed by atoms with van der Waals surface area (Å²) in [6.07, 6.45) is 0.825. The van der Waals surface area contributed by atoms with E-state index in [1.807, 2.05) is 32.9 Å². The largest absolute Gasteiger partial charge is 0.492 e. The third-order valence-corrected chi connectivity index (χ3v) is 4.18. The van der Waals surface area contributed by atoms with Gasteiger partial charge in [0.15, 0.2) is 11.5 Å². The predicted molar refractivity (Wildman–Crippen MR) is 102 cm³/mol. The van der Waals surface area contributed by atoms with E-state index in [0.29, 0.717) is 29.4 Å². The van der Waals surface area contributed by atoms with Crippen molar-refractivity contribution in [2.45, 2.75) is 33.3 Å². The minimum atomic E-state index is 0.151. The predicted octanol–water partition coefficient (Wildman–Crippen LogP) is 4.41. The van der Waals surface area contributed by atoms with E-state index in [-0.39, 0.29) is 6.10 Å². The molecule has 142 valence electrons. The molecule has 2 aromatic rings. The molecule has 0 aliphatic carbocycles. The van der Waals surface area contributed by atoms with Crippen LogP contribution in [0.25, 0.3) is 0 Å². The Balaban J connectivity index is 2.48. The Morgan fingerprint density at radius 2 is 1.23 bits per heavy atom.